The first kappa shape index (κ1) is 24.7. The number of aliphatic carboxylic acids is 5. The summed E-state index contributed by atoms with van der Waals surface area (Å²) in [7, 11) is 0. The lowest BCUT2D eigenvalue weighted by atomic mass is 10.1. The molecule has 3 unspecified atom stereocenters. The number of rotatable bonds is 13. The quantitative estimate of drug-likeness (QED) is 0.190. The monoisotopic (exact) mass is 435 g/mol. The first-order valence-electron chi connectivity index (χ1n) is 8.38. The lowest BCUT2D eigenvalue weighted by molar-refractivity contribution is -0.183. The topological polar surface area (TPSA) is 223 Å². The van der Waals surface area contributed by atoms with Crippen molar-refractivity contribution in [3.05, 3.63) is 0 Å². The summed E-state index contributed by atoms with van der Waals surface area (Å²) < 4.78 is 4.72. The number of carboxylic acids is 5. The molecule has 1 heterocycles. The van der Waals surface area contributed by atoms with Crippen LogP contribution in [0.15, 0.2) is 0 Å². The van der Waals surface area contributed by atoms with Gasteiger partial charge in [0, 0.05) is 0 Å². The Morgan fingerprint density at radius 3 is 1.37 bits per heavy atom. The van der Waals surface area contributed by atoms with Crippen molar-refractivity contribution in [1.29, 1.82) is 0 Å². The highest BCUT2D eigenvalue weighted by atomic mass is 16.5. The molecule has 0 aromatic rings. The van der Waals surface area contributed by atoms with Gasteiger partial charge in [0.05, 0.1) is 39.3 Å². The number of hydrogen-bond acceptors (Lipinski definition) is 10. The Labute approximate surface area is 168 Å². The number of hydrogen-bond donors (Lipinski definition) is 5. The van der Waals surface area contributed by atoms with Crippen LogP contribution in [-0.4, -0.2) is 115 Å². The van der Waals surface area contributed by atoms with Gasteiger partial charge in [0.1, 0.15) is 12.1 Å². The third kappa shape index (κ3) is 7.26. The molecule has 0 bridgehead atoms. The second kappa shape index (κ2) is 11.0. The van der Waals surface area contributed by atoms with Crippen molar-refractivity contribution in [3.63, 3.8) is 0 Å². The summed E-state index contributed by atoms with van der Waals surface area (Å²) >= 11 is 0. The maximum Gasteiger partial charge on any atom is 0.321 e. The number of carbonyl (C=O) groups excluding carboxylic acids is 1. The van der Waals surface area contributed by atoms with Gasteiger partial charge in [0.25, 0.3) is 6.47 Å². The van der Waals surface area contributed by atoms with E-state index < -0.39 is 74.1 Å². The largest absolute Gasteiger partial charge is 0.481 e. The Morgan fingerprint density at radius 1 is 0.700 bits per heavy atom. The molecule has 1 fully saturated rings. The summed E-state index contributed by atoms with van der Waals surface area (Å²) in [5, 5.41) is 45.8. The summed E-state index contributed by atoms with van der Waals surface area (Å²) in [6.45, 7) is -1.25. The van der Waals surface area contributed by atoms with Crippen LogP contribution in [-0.2, 0) is 33.5 Å². The molecule has 0 spiro atoms. The lowest BCUT2D eigenvalue weighted by Gasteiger charge is -2.47. The van der Waals surface area contributed by atoms with Crippen molar-refractivity contribution in [1.82, 2.24) is 14.7 Å². The van der Waals surface area contributed by atoms with Crippen LogP contribution < -0.4 is 0 Å². The van der Waals surface area contributed by atoms with Crippen LogP contribution in [0.3, 0.4) is 0 Å². The first-order valence-corrected chi connectivity index (χ1v) is 8.38. The molecule has 168 valence electrons. The fourth-order valence-corrected chi connectivity index (χ4v) is 2.96. The van der Waals surface area contributed by atoms with E-state index in [1.54, 1.807) is 0 Å². The molecular weight excluding hydrogens is 414 g/mol. The fourth-order valence-electron chi connectivity index (χ4n) is 2.96. The maximum atomic E-state index is 11.6. The number of carboxylic acid groups (broad SMARTS) is 5. The molecule has 0 saturated carbocycles. The minimum atomic E-state index is -1.64. The lowest BCUT2D eigenvalue weighted by Crippen LogP contribution is -2.65. The zero-order valence-electron chi connectivity index (χ0n) is 15.5. The van der Waals surface area contributed by atoms with Gasteiger partial charge >= 0.3 is 29.8 Å². The second-order valence-electron chi connectivity index (χ2n) is 6.38. The highest BCUT2D eigenvalue weighted by Crippen LogP contribution is 2.21. The van der Waals surface area contributed by atoms with Crippen molar-refractivity contribution in [2.45, 2.75) is 37.6 Å². The molecule has 15 heteroatoms. The molecular formula is C15H21N3O12. The Bertz CT molecular complexity index is 656. The molecule has 0 amide bonds. The normalized spacial score (nSPS) is 18.7. The van der Waals surface area contributed by atoms with E-state index >= 15 is 0 Å². The van der Waals surface area contributed by atoms with Crippen LogP contribution in [0.2, 0.25) is 0 Å². The average Bonchev–Trinajstić information content (AvgIpc) is 2.62. The van der Waals surface area contributed by atoms with Crippen LogP contribution >= 0.6 is 0 Å². The van der Waals surface area contributed by atoms with Gasteiger partial charge in [-0.3, -0.25) is 38.6 Å². The van der Waals surface area contributed by atoms with E-state index in [9.17, 15) is 39.0 Å². The van der Waals surface area contributed by atoms with E-state index in [0.29, 0.717) is 0 Å². The van der Waals surface area contributed by atoms with Gasteiger partial charge in [0.2, 0.25) is 0 Å². The van der Waals surface area contributed by atoms with Gasteiger partial charge in [-0.15, -0.1) is 0 Å². The van der Waals surface area contributed by atoms with Gasteiger partial charge in [-0.05, 0) is 0 Å². The molecule has 1 aliphatic rings. The Balaban J connectivity index is 3.30. The predicted molar refractivity (Wildman–Crippen MR) is 90.7 cm³/mol. The van der Waals surface area contributed by atoms with Gasteiger partial charge in [-0.1, -0.05) is 0 Å². The molecule has 0 radical (unpaired) electrons. The SMILES string of the molecule is O=COC(CC(=O)O)N1CN(C(CC(=O)O)C(=O)O)CN(C(CC(=O)O)C(=O)O)C1. The molecule has 0 aromatic heterocycles. The minimum absolute atomic E-state index is 0.0469. The maximum absolute atomic E-state index is 11.6. The minimum Gasteiger partial charge on any atom is -0.481 e. The van der Waals surface area contributed by atoms with Gasteiger partial charge < -0.3 is 30.3 Å². The third-order valence-electron chi connectivity index (χ3n) is 4.25. The molecule has 0 aliphatic carbocycles. The summed E-state index contributed by atoms with van der Waals surface area (Å²) in [5.74, 6) is -7.40. The first-order chi connectivity index (χ1) is 14.0. The molecule has 1 saturated heterocycles. The molecule has 1 aliphatic heterocycles. The smallest absolute Gasteiger partial charge is 0.321 e. The Kier molecular flexibility index (Phi) is 9.10. The van der Waals surface area contributed by atoms with E-state index in [1.165, 1.54) is 0 Å². The standard InChI is InChI=1S/C15H21N3O12/c19-7-30-10(3-13(24)25)18-5-16(8(14(26)27)1-11(20)21)4-17(6-18)9(15(28)29)2-12(22)23/h7-10H,1-6H2,(H,20,21)(H,22,23)(H,24,25)(H,26,27)(H,28,29). The van der Waals surface area contributed by atoms with Crippen LogP contribution in [0.4, 0.5) is 0 Å². The van der Waals surface area contributed by atoms with Gasteiger partial charge in [0.15, 0.2) is 6.23 Å². The van der Waals surface area contributed by atoms with Gasteiger partial charge in [-0.25, -0.2) is 4.90 Å². The fraction of sp³-hybridized carbons (Fsp3) is 0.600. The van der Waals surface area contributed by atoms with E-state index in [0.717, 1.165) is 14.7 Å². The van der Waals surface area contributed by atoms with Crippen molar-refractivity contribution in [2.24, 2.45) is 0 Å². The highest BCUT2D eigenvalue weighted by molar-refractivity contribution is 5.81. The van der Waals surface area contributed by atoms with Crippen LogP contribution in [0, 0.1) is 0 Å². The summed E-state index contributed by atoms with van der Waals surface area (Å²) in [6.07, 6.45) is -3.92. The van der Waals surface area contributed by atoms with Crippen molar-refractivity contribution in [3.8, 4) is 0 Å². The van der Waals surface area contributed by atoms with Crippen LogP contribution in [0.25, 0.3) is 0 Å². The summed E-state index contributed by atoms with van der Waals surface area (Å²) in [6, 6.07) is -3.29. The third-order valence-corrected chi connectivity index (χ3v) is 4.25. The molecule has 3 atom stereocenters. The van der Waals surface area contributed by atoms with E-state index in [4.69, 9.17) is 20.1 Å². The average molecular weight is 435 g/mol. The molecule has 15 nitrogen and oxygen atoms in total. The van der Waals surface area contributed by atoms with E-state index in [-0.39, 0.29) is 19.8 Å². The molecule has 30 heavy (non-hydrogen) atoms. The van der Waals surface area contributed by atoms with Crippen LogP contribution in [0.1, 0.15) is 19.3 Å². The zero-order valence-corrected chi connectivity index (χ0v) is 15.5. The van der Waals surface area contributed by atoms with Crippen molar-refractivity contribution in [2.75, 3.05) is 20.0 Å². The van der Waals surface area contributed by atoms with E-state index in [1.807, 2.05) is 0 Å². The summed E-state index contributed by atoms with van der Waals surface area (Å²) in [5.41, 5.74) is 0. The second-order valence-corrected chi connectivity index (χ2v) is 6.38. The number of nitrogens with zero attached hydrogens (tertiary/aromatic N) is 3. The number of ether oxygens (including phenoxy) is 1. The van der Waals surface area contributed by atoms with Crippen molar-refractivity contribution >= 4 is 36.3 Å². The highest BCUT2D eigenvalue weighted by Gasteiger charge is 2.41. The van der Waals surface area contributed by atoms with Crippen LogP contribution in [0.5, 0.6) is 0 Å². The van der Waals surface area contributed by atoms with Gasteiger partial charge in [-0.2, -0.15) is 0 Å². The van der Waals surface area contributed by atoms with Crippen molar-refractivity contribution < 1.29 is 59.0 Å². The molecule has 1 rings (SSSR count). The Morgan fingerprint density at radius 2 is 1.07 bits per heavy atom. The summed E-state index contributed by atoms with van der Waals surface area (Å²) in [4.78, 5) is 70.2. The Hall–Kier alpha value is -3.30. The zero-order chi connectivity index (χ0) is 23.0. The van der Waals surface area contributed by atoms with E-state index in [2.05, 4.69) is 0 Å². The molecule has 0 aromatic carbocycles. The molecule has 5 N–H and O–H groups in total. The number of carbonyl (C=O) groups is 6. The predicted octanol–water partition coefficient (Wildman–Crippen LogP) is -2.39.